The van der Waals surface area contributed by atoms with Gasteiger partial charge < -0.3 is 16.0 Å². The summed E-state index contributed by atoms with van der Waals surface area (Å²) in [5.41, 5.74) is 0. The molecule has 0 spiro atoms. The van der Waals surface area contributed by atoms with Crippen LogP contribution in [0.2, 0.25) is 0 Å². The molecule has 2 amide bonds. The minimum Gasteiger partial charge on any atom is -0.365 e. The fourth-order valence-electron chi connectivity index (χ4n) is 1.26. The summed E-state index contributed by atoms with van der Waals surface area (Å²) < 4.78 is 61.3. The van der Waals surface area contributed by atoms with Crippen molar-refractivity contribution < 1.29 is 31.5 Å². The molecule has 0 aromatic carbocycles. The summed E-state index contributed by atoms with van der Waals surface area (Å²) in [4.78, 5) is 27.0. The third-order valence-electron chi connectivity index (χ3n) is 2.65. The average molecular weight is 340 g/mol. The van der Waals surface area contributed by atoms with Crippen LogP contribution in [-0.2, 0) is 9.59 Å². The molecule has 23 heavy (non-hydrogen) atoms. The summed E-state index contributed by atoms with van der Waals surface area (Å²) >= 11 is 0. The molecular formula is C12H13F5N4O2. The van der Waals surface area contributed by atoms with Gasteiger partial charge in [0, 0.05) is 18.6 Å². The van der Waals surface area contributed by atoms with Gasteiger partial charge in [-0.05, 0) is 13.0 Å². The van der Waals surface area contributed by atoms with Gasteiger partial charge in [0.05, 0.1) is 6.54 Å². The van der Waals surface area contributed by atoms with E-state index in [9.17, 15) is 31.5 Å². The van der Waals surface area contributed by atoms with Crippen molar-refractivity contribution in [3.8, 4) is 0 Å². The molecule has 128 valence electrons. The van der Waals surface area contributed by atoms with Crippen LogP contribution < -0.4 is 16.0 Å². The summed E-state index contributed by atoms with van der Waals surface area (Å²) in [6.07, 6.45) is -0.144. The number of hydrogen-bond donors (Lipinski definition) is 3. The third kappa shape index (κ3) is 5.34. The molecule has 0 radical (unpaired) electrons. The van der Waals surface area contributed by atoms with Crippen LogP contribution in [0, 0.1) is 5.92 Å². The highest BCUT2D eigenvalue weighted by Crippen LogP contribution is 2.34. The molecule has 0 bridgehead atoms. The monoisotopic (exact) mass is 340 g/mol. The Balaban J connectivity index is 2.56. The quantitative estimate of drug-likeness (QED) is 0.517. The van der Waals surface area contributed by atoms with Crippen molar-refractivity contribution in [2.24, 2.45) is 10.9 Å². The van der Waals surface area contributed by atoms with Gasteiger partial charge in [-0.25, -0.2) is 4.99 Å². The lowest BCUT2D eigenvalue weighted by Crippen LogP contribution is -2.49. The fourth-order valence-corrected chi connectivity index (χ4v) is 1.26. The Morgan fingerprint density at radius 1 is 1.26 bits per heavy atom. The van der Waals surface area contributed by atoms with E-state index >= 15 is 0 Å². The molecule has 1 unspecified atom stereocenters. The number of carbonyl (C=O) groups is 2. The van der Waals surface area contributed by atoms with E-state index in [2.05, 4.69) is 15.6 Å². The minimum atomic E-state index is -5.79. The Labute approximate surface area is 127 Å². The number of amides is 2. The van der Waals surface area contributed by atoms with Crippen LogP contribution in [0.5, 0.6) is 0 Å². The number of rotatable bonds is 5. The average Bonchev–Trinajstić information content (AvgIpc) is 2.71. The molecule has 1 heterocycles. The summed E-state index contributed by atoms with van der Waals surface area (Å²) in [5.74, 6) is -8.71. The van der Waals surface area contributed by atoms with Crippen molar-refractivity contribution >= 4 is 18.0 Å². The Bertz CT molecular complexity index is 554. The second kappa shape index (κ2) is 7.20. The molecule has 0 aromatic heterocycles. The highest BCUT2D eigenvalue weighted by atomic mass is 19.4. The Morgan fingerprint density at radius 2 is 1.91 bits per heavy atom. The summed E-state index contributed by atoms with van der Waals surface area (Å²) in [6.45, 7) is -0.887. The zero-order valence-corrected chi connectivity index (χ0v) is 11.7. The number of nitrogens with zero attached hydrogens (tertiary/aromatic N) is 1. The number of allylic oxidation sites excluding steroid dienone is 1. The molecule has 11 heteroatoms. The smallest absolute Gasteiger partial charge is 0.365 e. The van der Waals surface area contributed by atoms with Gasteiger partial charge in [0.2, 0.25) is 11.8 Å². The van der Waals surface area contributed by atoms with Crippen LogP contribution >= 0.6 is 0 Å². The van der Waals surface area contributed by atoms with Gasteiger partial charge in [0.15, 0.2) is 0 Å². The van der Waals surface area contributed by atoms with Crippen molar-refractivity contribution in [1.82, 2.24) is 16.0 Å². The van der Waals surface area contributed by atoms with Gasteiger partial charge in [0.25, 0.3) is 0 Å². The topological polar surface area (TPSA) is 82.6 Å². The Kier molecular flexibility index (Phi) is 5.82. The fraction of sp³-hybridized carbons (Fsp3) is 0.417. The molecular weight excluding hydrogens is 327 g/mol. The number of halogens is 5. The van der Waals surface area contributed by atoms with Gasteiger partial charge in [-0.1, -0.05) is 0 Å². The van der Waals surface area contributed by atoms with Crippen LogP contribution in [0.15, 0.2) is 29.3 Å². The Hall–Kier alpha value is -2.46. The van der Waals surface area contributed by atoms with Gasteiger partial charge in [-0.3, -0.25) is 9.59 Å². The van der Waals surface area contributed by atoms with E-state index in [1.807, 2.05) is 0 Å². The molecule has 0 aliphatic carbocycles. The first kappa shape index (κ1) is 18.6. The van der Waals surface area contributed by atoms with Crippen LogP contribution in [0.25, 0.3) is 0 Å². The predicted octanol–water partition coefficient (Wildman–Crippen LogP) is 1.04. The SMILES string of the molecule is CC(C(=O)NCC(F)(F)C(F)(F)F)C(=O)NC1=CNC=CC=N1. The van der Waals surface area contributed by atoms with Gasteiger partial charge in [0.1, 0.15) is 11.7 Å². The van der Waals surface area contributed by atoms with Crippen molar-refractivity contribution in [2.75, 3.05) is 6.54 Å². The van der Waals surface area contributed by atoms with Crippen LogP contribution in [0.1, 0.15) is 6.92 Å². The maximum Gasteiger partial charge on any atom is 0.455 e. The molecule has 1 atom stereocenters. The van der Waals surface area contributed by atoms with Crippen LogP contribution in [0.4, 0.5) is 22.0 Å². The van der Waals surface area contributed by atoms with Crippen LogP contribution in [0.3, 0.4) is 0 Å². The number of hydrogen-bond acceptors (Lipinski definition) is 4. The summed E-state index contributed by atoms with van der Waals surface area (Å²) in [7, 11) is 0. The number of aliphatic imine (C=N–C) groups is 1. The molecule has 1 rings (SSSR count). The van der Waals surface area contributed by atoms with E-state index in [0.29, 0.717) is 0 Å². The zero-order chi connectivity index (χ0) is 17.7. The molecule has 0 fully saturated rings. The maximum atomic E-state index is 12.7. The second-order valence-electron chi connectivity index (χ2n) is 4.46. The van der Waals surface area contributed by atoms with E-state index in [-0.39, 0.29) is 5.82 Å². The molecule has 6 nitrogen and oxygen atoms in total. The standard InChI is InChI=1S/C12H13F5N4O2/c1-7(9(22)20-6-11(13,14)12(15,16)17)10(23)21-8-5-18-3-2-4-19-8/h2-5,7,18H,6H2,1H3,(H,20,22)(H,21,23). The van der Waals surface area contributed by atoms with Crippen LogP contribution in [-0.4, -0.2) is 36.7 Å². The lowest BCUT2D eigenvalue weighted by molar-refractivity contribution is -0.278. The number of nitrogens with one attached hydrogen (secondary N) is 3. The first-order valence-electron chi connectivity index (χ1n) is 6.23. The highest BCUT2D eigenvalue weighted by Gasteiger charge is 2.57. The van der Waals surface area contributed by atoms with Crippen molar-refractivity contribution in [3.05, 3.63) is 24.3 Å². The molecule has 1 aliphatic heterocycles. The molecule has 0 aromatic rings. The summed E-state index contributed by atoms with van der Waals surface area (Å²) in [6, 6.07) is 0. The zero-order valence-electron chi connectivity index (χ0n) is 11.7. The lowest BCUT2D eigenvalue weighted by atomic mass is 10.1. The first-order valence-corrected chi connectivity index (χ1v) is 6.23. The number of alkyl halides is 5. The van der Waals surface area contributed by atoms with Gasteiger partial charge in [-0.2, -0.15) is 22.0 Å². The van der Waals surface area contributed by atoms with Gasteiger partial charge >= 0.3 is 12.1 Å². The summed E-state index contributed by atoms with van der Waals surface area (Å²) in [5, 5.41) is 6.25. The maximum absolute atomic E-state index is 12.7. The normalized spacial score (nSPS) is 16.0. The second-order valence-corrected chi connectivity index (χ2v) is 4.46. The third-order valence-corrected chi connectivity index (χ3v) is 2.65. The van der Waals surface area contributed by atoms with E-state index < -0.39 is 36.4 Å². The largest absolute Gasteiger partial charge is 0.455 e. The van der Waals surface area contributed by atoms with E-state index in [1.165, 1.54) is 30.0 Å². The first-order chi connectivity index (χ1) is 10.5. The Morgan fingerprint density at radius 3 is 2.52 bits per heavy atom. The van der Waals surface area contributed by atoms with E-state index in [4.69, 9.17) is 0 Å². The molecule has 0 saturated carbocycles. The number of carbonyl (C=O) groups excluding carboxylic acids is 2. The lowest BCUT2D eigenvalue weighted by Gasteiger charge is -2.20. The predicted molar refractivity (Wildman–Crippen MR) is 70.2 cm³/mol. The molecule has 0 saturated heterocycles. The van der Waals surface area contributed by atoms with Crippen molar-refractivity contribution in [3.63, 3.8) is 0 Å². The molecule has 1 aliphatic rings. The minimum absolute atomic E-state index is 0.0419. The van der Waals surface area contributed by atoms with E-state index in [1.54, 1.807) is 0 Å². The van der Waals surface area contributed by atoms with Gasteiger partial charge in [-0.15, -0.1) is 0 Å². The van der Waals surface area contributed by atoms with E-state index in [0.717, 1.165) is 6.92 Å². The van der Waals surface area contributed by atoms with Crippen molar-refractivity contribution in [1.29, 1.82) is 0 Å². The highest BCUT2D eigenvalue weighted by molar-refractivity contribution is 6.00. The van der Waals surface area contributed by atoms with Crippen molar-refractivity contribution in [2.45, 2.75) is 19.0 Å². The molecule has 3 N–H and O–H groups in total.